The number of nitrogens with zero attached hydrogens (tertiary/aromatic N) is 1. The molecule has 0 bridgehead atoms. The number of alkyl halides is 2. The molecule has 0 atom stereocenters. The Labute approximate surface area is 96.2 Å². The Morgan fingerprint density at radius 1 is 1.42 bits per heavy atom. The zero-order valence-electron chi connectivity index (χ0n) is 6.11. The third-order valence-corrected chi connectivity index (χ3v) is 2.78. The van der Waals surface area contributed by atoms with Gasteiger partial charge in [-0.3, -0.25) is 0 Å². The van der Waals surface area contributed by atoms with Crippen molar-refractivity contribution in [3.63, 3.8) is 0 Å². The molecule has 66 valence electrons. The largest absolute Gasteiger partial charge is 0.266 e. The van der Waals surface area contributed by atoms with Crippen LogP contribution in [0.25, 0.3) is 0 Å². The van der Waals surface area contributed by atoms with Crippen LogP contribution in [-0.2, 0) is 0 Å². The summed E-state index contributed by atoms with van der Waals surface area (Å²) in [7, 11) is 0. The van der Waals surface area contributed by atoms with E-state index in [9.17, 15) is 8.78 Å². The van der Waals surface area contributed by atoms with Crippen molar-refractivity contribution in [3.05, 3.63) is 24.6 Å². The molecule has 0 aliphatic carbocycles. The Morgan fingerprint density at radius 3 is 2.42 bits per heavy atom. The van der Waals surface area contributed by atoms with Gasteiger partial charge in [0.15, 0.2) is 0 Å². The second kappa shape index (κ2) is 4.12. The second-order valence-corrected chi connectivity index (χ2v) is 4.39. The van der Waals surface area contributed by atoms with E-state index in [1.165, 1.54) is 0 Å². The summed E-state index contributed by atoms with van der Waals surface area (Å²) < 4.78 is 25.9. The summed E-state index contributed by atoms with van der Waals surface area (Å²) in [5.41, 5.74) is 0.657. The molecule has 12 heavy (non-hydrogen) atoms. The maximum Gasteiger partial charge on any atom is 0.266 e. The summed E-state index contributed by atoms with van der Waals surface area (Å²) in [5.74, 6) is 0. The van der Waals surface area contributed by atoms with E-state index < -0.39 is 6.43 Å². The normalized spacial score (nSPS) is 10.8. The Hall–Kier alpha value is 0.470. The smallest absolute Gasteiger partial charge is 0.235 e. The van der Waals surface area contributed by atoms with Crippen molar-refractivity contribution in [3.8, 4) is 0 Å². The zero-order chi connectivity index (χ0) is 9.30. The van der Waals surface area contributed by atoms with Crippen LogP contribution < -0.4 is 0 Å². The number of aromatic nitrogens is 1. The number of pyridine rings is 1. The summed E-state index contributed by atoms with van der Waals surface area (Å²) in [6, 6.07) is 1.66. The quantitative estimate of drug-likeness (QED) is 0.524. The molecule has 0 N–H and O–H groups in total. The van der Waals surface area contributed by atoms with Gasteiger partial charge in [0.05, 0.1) is 5.56 Å². The highest BCUT2D eigenvalue weighted by molar-refractivity contribution is 14.1. The summed E-state index contributed by atoms with van der Waals surface area (Å²) >= 11 is 3.84. The average Bonchev–Trinajstić information content (AvgIpc) is 1.82. The van der Waals surface area contributed by atoms with Crippen molar-refractivity contribution < 1.29 is 8.78 Å². The van der Waals surface area contributed by atoms with E-state index in [-0.39, 0.29) is 5.56 Å². The molecule has 0 aliphatic heterocycles. The highest BCUT2D eigenvalue weighted by atomic mass is 127. The first-order valence-corrected chi connectivity index (χ1v) is 5.29. The van der Waals surface area contributed by atoms with E-state index in [0.29, 0.717) is 9.26 Å². The number of hydrogen-bond donors (Lipinski definition) is 0. The maximum atomic E-state index is 12.4. The Balaban J connectivity index is 3.28. The van der Waals surface area contributed by atoms with Crippen LogP contribution >= 0.6 is 45.2 Å². The molecule has 1 heterocycles. The molecule has 1 rings (SSSR count). The Bertz CT molecular complexity index is 278. The summed E-state index contributed by atoms with van der Waals surface area (Å²) in [4.78, 5) is 3.95. The van der Waals surface area contributed by atoms with Crippen LogP contribution in [0.2, 0.25) is 0 Å². The van der Waals surface area contributed by atoms with Gasteiger partial charge < -0.3 is 0 Å². The van der Waals surface area contributed by atoms with E-state index >= 15 is 0 Å². The van der Waals surface area contributed by atoms with E-state index in [0.717, 1.165) is 3.70 Å². The SMILES string of the molecule is Cc1cc(I)nc(I)c1C(F)F. The van der Waals surface area contributed by atoms with Crippen LogP contribution in [0.3, 0.4) is 0 Å². The van der Waals surface area contributed by atoms with Gasteiger partial charge in [-0.15, -0.1) is 0 Å². The van der Waals surface area contributed by atoms with Crippen LogP contribution in [0.4, 0.5) is 8.78 Å². The molecule has 0 aliphatic rings. The fraction of sp³-hybridized carbons (Fsp3) is 0.286. The van der Waals surface area contributed by atoms with Crippen molar-refractivity contribution in [2.24, 2.45) is 0 Å². The van der Waals surface area contributed by atoms with Crippen LogP contribution in [0.1, 0.15) is 17.6 Å². The van der Waals surface area contributed by atoms with Gasteiger partial charge >= 0.3 is 0 Å². The lowest BCUT2D eigenvalue weighted by molar-refractivity contribution is 0.149. The minimum atomic E-state index is -2.43. The van der Waals surface area contributed by atoms with Gasteiger partial charge in [-0.05, 0) is 63.7 Å². The lowest BCUT2D eigenvalue weighted by Gasteiger charge is -2.06. The van der Waals surface area contributed by atoms with Crippen molar-refractivity contribution in [2.75, 3.05) is 0 Å². The van der Waals surface area contributed by atoms with Crippen molar-refractivity contribution in [1.82, 2.24) is 4.98 Å². The zero-order valence-corrected chi connectivity index (χ0v) is 10.4. The van der Waals surface area contributed by atoms with Crippen LogP contribution in [0, 0.1) is 14.3 Å². The number of hydrogen-bond acceptors (Lipinski definition) is 1. The predicted octanol–water partition coefficient (Wildman–Crippen LogP) is 3.54. The van der Waals surface area contributed by atoms with Crippen LogP contribution in [-0.4, -0.2) is 4.98 Å². The summed E-state index contributed by atoms with van der Waals surface area (Å²) in [6.07, 6.45) is -2.43. The molecule has 1 nitrogen and oxygen atoms in total. The second-order valence-electron chi connectivity index (χ2n) is 2.27. The molecule has 0 saturated heterocycles. The van der Waals surface area contributed by atoms with Gasteiger partial charge in [0.2, 0.25) is 0 Å². The summed E-state index contributed by atoms with van der Waals surface area (Å²) in [6.45, 7) is 1.67. The molecule has 0 aromatic carbocycles. The topological polar surface area (TPSA) is 12.9 Å². The fourth-order valence-electron chi connectivity index (χ4n) is 0.868. The van der Waals surface area contributed by atoms with Crippen molar-refractivity contribution in [2.45, 2.75) is 13.3 Å². The van der Waals surface area contributed by atoms with Crippen LogP contribution in [0.15, 0.2) is 6.07 Å². The predicted molar refractivity (Wildman–Crippen MR) is 59.4 cm³/mol. The molecule has 0 amide bonds. The van der Waals surface area contributed by atoms with E-state index in [4.69, 9.17) is 0 Å². The minimum absolute atomic E-state index is 0.0519. The first kappa shape index (κ1) is 10.6. The van der Waals surface area contributed by atoms with Gasteiger partial charge in [-0.1, -0.05) is 0 Å². The van der Waals surface area contributed by atoms with E-state index in [1.54, 1.807) is 13.0 Å². The highest BCUT2D eigenvalue weighted by Gasteiger charge is 2.15. The van der Waals surface area contributed by atoms with E-state index in [2.05, 4.69) is 4.98 Å². The lowest BCUT2D eigenvalue weighted by Crippen LogP contribution is -1.98. The van der Waals surface area contributed by atoms with Gasteiger partial charge in [0.25, 0.3) is 6.43 Å². The molecular weight excluding hydrogens is 390 g/mol. The molecule has 0 radical (unpaired) electrons. The molecular formula is C7H5F2I2N. The van der Waals surface area contributed by atoms with Crippen molar-refractivity contribution >= 4 is 45.2 Å². The van der Waals surface area contributed by atoms with Gasteiger partial charge in [-0.25, -0.2) is 13.8 Å². The molecule has 1 aromatic rings. The number of aryl methyl sites for hydroxylation is 1. The third kappa shape index (κ3) is 2.24. The number of rotatable bonds is 1. The minimum Gasteiger partial charge on any atom is -0.235 e. The lowest BCUT2D eigenvalue weighted by atomic mass is 10.2. The molecule has 1 aromatic heterocycles. The molecule has 0 saturated carbocycles. The van der Waals surface area contributed by atoms with Gasteiger partial charge in [-0.2, -0.15) is 0 Å². The van der Waals surface area contributed by atoms with Gasteiger partial charge in [0.1, 0.15) is 7.40 Å². The Morgan fingerprint density at radius 2 is 2.00 bits per heavy atom. The highest BCUT2D eigenvalue weighted by Crippen LogP contribution is 2.27. The molecule has 0 spiro atoms. The first-order valence-electron chi connectivity index (χ1n) is 3.13. The summed E-state index contributed by atoms with van der Waals surface area (Å²) in [5, 5.41) is 0. The molecule has 5 heteroatoms. The average molecular weight is 395 g/mol. The third-order valence-electron chi connectivity index (χ3n) is 1.41. The fourth-order valence-corrected chi connectivity index (χ4v) is 2.96. The monoisotopic (exact) mass is 395 g/mol. The van der Waals surface area contributed by atoms with Crippen LogP contribution in [0.5, 0.6) is 0 Å². The Kier molecular flexibility index (Phi) is 3.62. The van der Waals surface area contributed by atoms with E-state index in [1.807, 2.05) is 45.2 Å². The first-order chi connectivity index (χ1) is 5.52. The standard InChI is InChI=1S/C7H5F2I2N/c1-3-2-4(10)12-7(11)5(3)6(8)9/h2,6H,1H3. The molecule has 0 unspecified atom stereocenters. The molecule has 0 fully saturated rings. The number of halogens is 4. The van der Waals surface area contributed by atoms with Gasteiger partial charge in [0, 0.05) is 0 Å². The maximum absolute atomic E-state index is 12.4. The van der Waals surface area contributed by atoms with Crippen molar-refractivity contribution in [1.29, 1.82) is 0 Å².